The molecule has 0 fully saturated rings. The van der Waals surface area contributed by atoms with E-state index in [-0.39, 0.29) is 36.2 Å². The van der Waals surface area contributed by atoms with Crippen molar-refractivity contribution in [3.8, 4) is 0 Å². The largest absolute Gasteiger partial charge is 0.347 e. The van der Waals surface area contributed by atoms with E-state index in [9.17, 15) is 14.0 Å². The van der Waals surface area contributed by atoms with Gasteiger partial charge in [-0.25, -0.2) is 14.4 Å². The van der Waals surface area contributed by atoms with E-state index in [1.807, 2.05) is 32.1 Å². The maximum Gasteiger partial charge on any atom is 0.270 e. The summed E-state index contributed by atoms with van der Waals surface area (Å²) in [5.74, 6) is -0.739. The van der Waals surface area contributed by atoms with Crippen molar-refractivity contribution < 1.29 is 14.0 Å². The van der Waals surface area contributed by atoms with Crippen molar-refractivity contribution in [1.82, 2.24) is 15.3 Å². The molecule has 0 aliphatic rings. The van der Waals surface area contributed by atoms with Gasteiger partial charge in [0.25, 0.3) is 5.91 Å². The zero-order valence-corrected chi connectivity index (χ0v) is 15.3. The Kier molecular flexibility index (Phi) is 6.11. The Balaban J connectivity index is 1.57. The molecule has 0 aliphatic carbocycles. The molecule has 2 amide bonds. The van der Waals surface area contributed by atoms with Gasteiger partial charge in [-0.3, -0.25) is 9.59 Å². The standard InChI is InChI=1S/C20H18BFN4O2/c21-15-5-1-13(2-6-15)9-19(27)26-18-10-17(24-12-25-18)20(28)23-11-14-3-7-16(22)8-4-14/h1-8,10,12H,9,11,21H2,(H,23,28)(H,24,25,26,27). The first-order valence-corrected chi connectivity index (χ1v) is 8.70. The molecule has 1 heterocycles. The fourth-order valence-corrected chi connectivity index (χ4v) is 2.50. The summed E-state index contributed by atoms with van der Waals surface area (Å²) in [6, 6.07) is 14.9. The topological polar surface area (TPSA) is 84.0 Å². The molecule has 3 rings (SSSR count). The number of benzene rings is 2. The lowest BCUT2D eigenvalue weighted by molar-refractivity contribution is -0.115. The van der Waals surface area contributed by atoms with E-state index in [1.54, 1.807) is 12.1 Å². The molecule has 0 atom stereocenters. The molecule has 6 nitrogen and oxygen atoms in total. The average molecular weight is 376 g/mol. The number of hydrogen-bond acceptors (Lipinski definition) is 4. The predicted molar refractivity (Wildman–Crippen MR) is 107 cm³/mol. The summed E-state index contributed by atoms with van der Waals surface area (Å²) in [7, 11) is 1.98. The van der Waals surface area contributed by atoms with Crippen LogP contribution in [-0.4, -0.2) is 29.6 Å². The van der Waals surface area contributed by atoms with Gasteiger partial charge >= 0.3 is 0 Å². The molecule has 140 valence electrons. The lowest BCUT2D eigenvalue weighted by Gasteiger charge is -2.07. The third kappa shape index (κ3) is 5.47. The van der Waals surface area contributed by atoms with Crippen LogP contribution in [0.3, 0.4) is 0 Å². The highest BCUT2D eigenvalue weighted by Gasteiger charge is 2.11. The number of halogens is 1. The molecule has 3 aromatic rings. The number of rotatable bonds is 6. The van der Waals surface area contributed by atoms with Gasteiger partial charge in [0.1, 0.15) is 31.5 Å². The molecule has 0 unspecified atom stereocenters. The second kappa shape index (κ2) is 8.90. The van der Waals surface area contributed by atoms with Crippen molar-refractivity contribution >= 4 is 30.9 Å². The summed E-state index contributed by atoms with van der Waals surface area (Å²) in [6.45, 7) is 0.234. The van der Waals surface area contributed by atoms with Crippen LogP contribution in [0.2, 0.25) is 0 Å². The van der Waals surface area contributed by atoms with Crippen molar-refractivity contribution in [2.75, 3.05) is 5.32 Å². The van der Waals surface area contributed by atoms with Crippen molar-refractivity contribution in [2.45, 2.75) is 13.0 Å². The second-order valence-electron chi connectivity index (χ2n) is 6.31. The second-order valence-corrected chi connectivity index (χ2v) is 6.31. The van der Waals surface area contributed by atoms with Crippen molar-refractivity contribution in [1.29, 1.82) is 0 Å². The number of amides is 2. The van der Waals surface area contributed by atoms with Gasteiger partial charge < -0.3 is 10.6 Å². The molecular weight excluding hydrogens is 358 g/mol. The van der Waals surface area contributed by atoms with E-state index in [1.165, 1.54) is 24.5 Å². The smallest absolute Gasteiger partial charge is 0.270 e. The quantitative estimate of drug-likeness (QED) is 0.629. The van der Waals surface area contributed by atoms with Crippen molar-refractivity contribution in [3.63, 3.8) is 0 Å². The summed E-state index contributed by atoms with van der Waals surface area (Å²) in [5.41, 5.74) is 2.89. The molecule has 1 aromatic heterocycles. The summed E-state index contributed by atoms with van der Waals surface area (Å²) in [4.78, 5) is 32.4. The Morgan fingerprint density at radius 3 is 2.36 bits per heavy atom. The molecule has 0 radical (unpaired) electrons. The highest BCUT2D eigenvalue weighted by molar-refractivity contribution is 6.32. The van der Waals surface area contributed by atoms with Crippen LogP contribution in [0, 0.1) is 5.82 Å². The first-order chi connectivity index (χ1) is 13.5. The lowest BCUT2D eigenvalue weighted by atomic mass is 9.95. The Morgan fingerprint density at radius 2 is 1.64 bits per heavy atom. The third-order valence-electron chi connectivity index (χ3n) is 4.02. The first-order valence-electron chi connectivity index (χ1n) is 8.70. The highest BCUT2D eigenvalue weighted by atomic mass is 19.1. The first kappa shape index (κ1) is 19.2. The molecule has 0 spiro atoms. The van der Waals surface area contributed by atoms with Gasteiger partial charge in [-0.15, -0.1) is 0 Å². The number of carbonyl (C=O) groups is 2. The molecule has 2 N–H and O–H groups in total. The van der Waals surface area contributed by atoms with E-state index in [4.69, 9.17) is 0 Å². The zero-order valence-electron chi connectivity index (χ0n) is 15.3. The van der Waals surface area contributed by atoms with Crippen LogP contribution >= 0.6 is 0 Å². The minimum Gasteiger partial charge on any atom is -0.347 e. The van der Waals surface area contributed by atoms with Gasteiger partial charge in [0.2, 0.25) is 5.91 Å². The van der Waals surface area contributed by atoms with E-state index < -0.39 is 5.91 Å². The average Bonchev–Trinajstić information content (AvgIpc) is 2.69. The molecule has 28 heavy (non-hydrogen) atoms. The highest BCUT2D eigenvalue weighted by Crippen LogP contribution is 2.07. The van der Waals surface area contributed by atoms with Gasteiger partial charge in [-0.05, 0) is 23.3 Å². The van der Waals surface area contributed by atoms with Crippen LogP contribution in [0.5, 0.6) is 0 Å². The van der Waals surface area contributed by atoms with E-state index in [2.05, 4.69) is 20.6 Å². The maximum atomic E-state index is 12.9. The number of carbonyl (C=O) groups excluding carboxylic acids is 2. The monoisotopic (exact) mass is 376 g/mol. The molecular formula is C20H18BFN4O2. The number of anilines is 1. The van der Waals surface area contributed by atoms with Gasteiger partial charge in [-0.1, -0.05) is 41.9 Å². The molecule has 0 saturated carbocycles. The molecule has 8 heteroatoms. The van der Waals surface area contributed by atoms with E-state index in [0.717, 1.165) is 16.6 Å². The number of nitrogens with one attached hydrogen (secondary N) is 2. The Bertz CT molecular complexity index is 978. The van der Waals surface area contributed by atoms with Gasteiger partial charge in [0.15, 0.2) is 0 Å². The number of hydrogen-bond donors (Lipinski definition) is 2. The summed E-state index contributed by atoms with van der Waals surface area (Å²) >= 11 is 0. The number of aromatic nitrogens is 2. The van der Waals surface area contributed by atoms with Crippen molar-refractivity contribution in [2.24, 2.45) is 0 Å². The molecule has 2 aromatic carbocycles. The maximum absolute atomic E-state index is 12.9. The molecule has 0 bridgehead atoms. The predicted octanol–water partition coefficient (Wildman–Crippen LogP) is 0.985. The van der Waals surface area contributed by atoms with Crippen molar-refractivity contribution in [3.05, 3.63) is 83.6 Å². The molecule has 0 aliphatic heterocycles. The van der Waals surface area contributed by atoms with Crippen LogP contribution in [0.4, 0.5) is 10.2 Å². The van der Waals surface area contributed by atoms with Crippen LogP contribution in [-0.2, 0) is 17.8 Å². The van der Waals surface area contributed by atoms with Crippen LogP contribution in [0.25, 0.3) is 0 Å². The Labute approximate surface area is 162 Å². The van der Waals surface area contributed by atoms with Gasteiger partial charge in [-0.2, -0.15) is 0 Å². The number of nitrogens with zero attached hydrogens (tertiary/aromatic N) is 2. The SMILES string of the molecule is Bc1ccc(CC(=O)Nc2cc(C(=O)NCc3ccc(F)cc3)ncn2)cc1. The normalized spacial score (nSPS) is 10.3. The summed E-state index contributed by atoms with van der Waals surface area (Å²) in [6.07, 6.45) is 1.42. The summed E-state index contributed by atoms with van der Waals surface area (Å²) in [5, 5.41) is 5.36. The van der Waals surface area contributed by atoms with Gasteiger partial charge in [0, 0.05) is 12.6 Å². The zero-order chi connectivity index (χ0) is 19.9. The van der Waals surface area contributed by atoms with Crippen LogP contribution in [0.15, 0.2) is 60.9 Å². The fourth-order valence-electron chi connectivity index (χ4n) is 2.50. The van der Waals surface area contributed by atoms with Crippen LogP contribution < -0.4 is 16.1 Å². The minimum atomic E-state index is -0.416. The van der Waals surface area contributed by atoms with Crippen LogP contribution in [0.1, 0.15) is 21.6 Å². The fraction of sp³-hybridized carbons (Fsp3) is 0.100. The lowest BCUT2D eigenvalue weighted by Crippen LogP contribution is -2.24. The van der Waals surface area contributed by atoms with E-state index in [0.29, 0.717) is 0 Å². The minimum absolute atomic E-state index is 0.128. The molecule has 0 saturated heterocycles. The summed E-state index contributed by atoms with van der Waals surface area (Å²) < 4.78 is 12.9. The Hall–Kier alpha value is -3.55. The van der Waals surface area contributed by atoms with Gasteiger partial charge in [0.05, 0.1) is 6.42 Å². The third-order valence-corrected chi connectivity index (χ3v) is 4.02. The Morgan fingerprint density at radius 1 is 0.964 bits per heavy atom. The van der Waals surface area contributed by atoms with E-state index >= 15 is 0 Å².